The number of hydrogen-bond donors (Lipinski definition) is 2. The van der Waals surface area contributed by atoms with E-state index < -0.39 is 10.9 Å². The van der Waals surface area contributed by atoms with E-state index in [0.717, 1.165) is 26.0 Å². The molecule has 0 bridgehead atoms. The summed E-state index contributed by atoms with van der Waals surface area (Å²) in [5, 5.41) is 2.18. The highest BCUT2D eigenvalue weighted by Crippen LogP contribution is 2.43. The number of halogens is 1. The SMILES string of the molecule is C[SH]1C(Cl)=CN=C1c1c[nH]c2ncccc12. The molecular formula is C11H10ClN3S. The molecule has 1 N–H and O–H groups in total. The summed E-state index contributed by atoms with van der Waals surface area (Å²) < 4.78 is 0.850. The number of nitrogens with one attached hydrogen (secondary N) is 1. The molecule has 3 heterocycles. The molecule has 3 nitrogen and oxygen atoms in total. The van der Waals surface area contributed by atoms with Gasteiger partial charge in [0.1, 0.15) is 5.65 Å². The lowest BCUT2D eigenvalue weighted by Crippen LogP contribution is -1.96. The van der Waals surface area contributed by atoms with Crippen molar-refractivity contribution in [1.82, 2.24) is 9.97 Å². The van der Waals surface area contributed by atoms with Gasteiger partial charge >= 0.3 is 0 Å². The van der Waals surface area contributed by atoms with Gasteiger partial charge in [0.05, 0.1) is 15.6 Å². The van der Waals surface area contributed by atoms with Crippen LogP contribution in [0.15, 0.2) is 40.1 Å². The summed E-state index contributed by atoms with van der Waals surface area (Å²) >= 11 is 6.07. The average molecular weight is 252 g/mol. The van der Waals surface area contributed by atoms with Crippen LogP contribution < -0.4 is 0 Å². The third-order valence-electron chi connectivity index (χ3n) is 2.62. The number of hydrogen-bond acceptors (Lipinski definition) is 2. The van der Waals surface area contributed by atoms with Gasteiger partial charge in [0.2, 0.25) is 0 Å². The first-order valence-electron chi connectivity index (χ1n) is 4.87. The van der Waals surface area contributed by atoms with Gasteiger partial charge in [0, 0.05) is 23.3 Å². The number of fused-ring (bicyclic) bond motifs is 1. The topological polar surface area (TPSA) is 41.0 Å². The zero-order valence-corrected chi connectivity index (χ0v) is 10.3. The number of aliphatic imine (C=N–C) groups is 1. The van der Waals surface area contributed by atoms with E-state index in [0.29, 0.717) is 0 Å². The van der Waals surface area contributed by atoms with Gasteiger partial charge < -0.3 is 4.98 Å². The van der Waals surface area contributed by atoms with Crippen molar-refractivity contribution >= 4 is 38.6 Å². The summed E-state index contributed by atoms with van der Waals surface area (Å²) in [6, 6.07) is 3.98. The van der Waals surface area contributed by atoms with Gasteiger partial charge in [-0.2, -0.15) is 10.9 Å². The van der Waals surface area contributed by atoms with E-state index in [9.17, 15) is 0 Å². The molecule has 2 aromatic rings. The van der Waals surface area contributed by atoms with Crippen molar-refractivity contribution < 1.29 is 0 Å². The van der Waals surface area contributed by atoms with Crippen molar-refractivity contribution in [1.29, 1.82) is 0 Å². The van der Waals surface area contributed by atoms with Crippen LogP contribution in [0.5, 0.6) is 0 Å². The molecule has 0 spiro atoms. The molecule has 16 heavy (non-hydrogen) atoms. The van der Waals surface area contributed by atoms with Gasteiger partial charge in [-0.25, -0.2) is 9.98 Å². The highest BCUT2D eigenvalue weighted by atomic mass is 35.5. The van der Waals surface area contributed by atoms with Crippen LogP contribution >= 0.6 is 22.5 Å². The molecule has 0 aliphatic carbocycles. The fourth-order valence-electron chi connectivity index (χ4n) is 1.78. The molecule has 0 amide bonds. The molecule has 82 valence electrons. The Labute approximate surface area is 101 Å². The lowest BCUT2D eigenvalue weighted by molar-refractivity contribution is 1.33. The predicted octanol–water partition coefficient (Wildman–Crippen LogP) is 2.99. The third-order valence-corrected chi connectivity index (χ3v) is 5.23. The molecule has 1 aliphatic heterocycles. The van der Waals surface area contributed by atoms with E-state index in [1.165, 1.54) is 0 Å². The molecule has 1 atom stereocenters. The summed E-state index contributed by atoms with van der Waals surface area (Å²) in [6.07, 6.45) is 7.60. The minimum absolute atomic E-state index is 0.485. The number of aromatic nitrogens is 2. The standard InChI is InChI=1S/C11H10ClN3S/c1-16-9(12)6-15-11(16)8-5-14-10-7(8)3-2-4-13-10/h2-6,16H,1H3,(H,13,14). The lowest BCUT2D eigenvalue weighted by Gasteiger charge is -2.11. The van der Waals surface area contributed by atoms with Crippen LogP contribution in [0.4, 0.5) is 0 Å². The van der Waals surface area contributed by atoms with Gasteiger partial charge in [0.25, 0.3) is 0 Å². The van der Waals surface area contributed by atoms with Crippen LogP contribution in [0.25, 0.3) is 11.0 Å². The largest absolute Gasteiger partial charge is 0.345 e. The highest BCUT2D eigenvalue weighted by molar-refractivity contribution is 8.34. The molecule has 3 rings (SSSR count). The highest BCUT2D eigenvalue weighted by Gasteiger charge is 2.20. The second-order valence-corrected chi connectivity index (χ2v) is 6.26. The number of nitrogens with zero attached hydrogens (tertiary/aromatic N) is 2. The molecule has 2 aromatic heterocycles. The van der Waals surface area contributed by atoms with E-state index in [1.54, 1.807) is 12.4 Å². The number of aromatic amines is 1. The van der Waals surface area contributed by atoms with Gasteiger partial charge in [-0.3, -0.25) is 0 Å². The molecule has 1 unspecified atom stereocenters. The quantitative estimate of drug-likeness (QED) is 0.752. The summed E-state index contributed by atoms with van der Waals surface area (Å²) in [5.74, 6) is 0. The second kappa shape index (κ2) is 3.64. The van der Waals surface area contributed by atoms with Crippen molar-refractivity contribution in [2.45, 2.75) is 0 Å². The van der Waals surface area contributed by atoms with E-state index >= 15 is 0 Å². The summed E-state index contributed by atoms with van der Waals surface area (Å²) in [6.45, 7) is 0. The van der Waals surface area contributed by atoms with Gasteiger partial charge in [0.15, 0.2) is 0 Å². The molecule has 0 saturated carbocycles. The Kier molecular flexibility index (Phi) is 2.26. The van der Waals surface area contributed by atoms with Crippen LogP contribution in [0, 0.1) is 0 Å². The second-order valence-electron chi connectivity index (χ2n) is 3.57. The monoisotopic (exact) mass is 251 g/mol. The Hall–Kier alpha value is -1.26. The van der Waals surface area contributed by atoms with Crippen LogP contribution in [-0.4, -0.2) is 21.3 Å². The molecule has 0 fully saturated rings. The van der Waals surface area contributed by atoms with E-state index in [2.05, 4.69) is 21.2 Å². The zero-order chi connectivity index (χ0) is 11.1. The number of thiol groups is 1. The minimum atomic E-state index is -0.485. The van der Waals surface area contributed by atoms with Crippen molar-refractivity contribution in [3.05, 3.63) is 40.7 Å². The Morgan fingerprint density at radius 2 is 2.31 bits per heavy atom. The van der Waals surface area contributed by atoms with E-state index in [-0.39, 0.29) is 0 Å². The summed E-state index contributed by atoms with van der Waals surface area (Å²) in [7, 11) is -0.485. The third kappa shape index (κ3) is 1.37. The molecule has 0 radical (unpaired) electrons. The Morgan fingerprint density at radius 3 is 3.06 bits per heavy atom. The number of rotatable bonds is 1. The van der Waals surface area contributed by atoms with Crippen LogP contribution in [0.1, 0.15) is 5.56 Å². The zero-order valence-electron chi connectivity index (χ0n) is 8.61. The summed E-state index contributed by atoms with van der Waals surface area (Å²) in [4.78, 5) is 11.8. The van der Waals surface area contributed by atoms with Crippen LogP contribution in [0.3, 0.4) is 0 Å². The normalized spacial score (nSPS) is 22.2. The maximum absolute atomic E-state index is 6.07. The van der Waals surface area contributed by atoms with Crippen molar-refractivity contribution in [3.8, 4) is 0 Å². The Balaban J connectivity index is 2.15. The van der Waals surface area contributed by atoms with Crippen molar-refractivity contribution in [3.63, 3.8) is 0 Å². The smallest absolute Gasteiger partial charge is 0.137 e. The molecule has 0 saturated heterocycles. The molecule has 5 heteroatoms. The number of pyridine rings is 1. The molecular weight excluding hydrogens is 242 g/mol. The maximum Gasteiger partial charge on any atom is 0.137 e. The fourth-order valence-corrected chi connectivity index (χ4v) is 3.28. The maximum atomic E-state index is 6.07. The van der Waals surface area contributed by atoms with Crippen LogP contribution in [-0.2, 0) is 0 Å². The first-order valence-corrected chi connectivity index (χ1v) is 7.04. The average Bonchev–Trinajstić information content (AvgIpc) is 2.85. The fraction of sp³-hybridized carbons (Fsp3) is 0.0909. The van der Waals surface area contributed by atoms with Gasteiger partial charge in [-0.1, -0.05) is 11.6 Å². The van der Waals surface area contributed by atoms with E-state index in [4.69, 9.17) is 11.6 Å². The van der Waals surface area contributed by atoms with Gasteiger partial charge in [-0.05, 0) is 18.4 Å². The first kappa shape index (κ1) is 9.93. The van der Waals surface area contributed by atoms with Gasteiger partial charge in [-0.15, -0.1) is 0 Å². The van der Waals surface area contributed by atoms with Crippen molar-refractivity contribution in [2.24, 2.45) is 4.99 Å². The first-order chi connectivity index (χ1) is 7.77. The predicted molar refractivity (Wildman–Crippen MR) is 71.5 cm³/mol. The number of H-pyrrole nitrogens is 1. The van der Waals surface area contributed by atoms with Crippen molar-refractivity contribution in [2.75, 3.05) is 6.26 Å². The minimum Gasteiger partial charge on any atom is -0.345 e. The Bertz CT molecular complexity index is 614. The summed E-state index contributed by atoms with van der Waals surface area (Å²) in [5.41, 5.74) is 2.01. The molecule has 0 aromatic carbocycles. The van der Waals surface area contributed by atoms with E-state index in [1.807, 2.05) is 18.3 Å². The van der Waals surface area contributed by atoms with Crippen LogP contribution in [0.2, 0.25) is 0 Å². The Morgan fingerprint density at radius 1 is 1.44 bits per heavy atom. The molecule has 1 aliphatic rings. The lowest BCUT2D eigenvalue weighted by atomic mass is 10.2.